The normalized spacial score (nSPS) is 6.73. The predicted octanol–water partition coefficient (Wildman–Crippen LogP) is 0.960. The fourth-order valence-electron chi connectivity index (χ4n) is 0. The summed E-state index contributed by atoms with van der Waals surface area (Å²) in [5, 5.41) is 15.4. The van der Waals surface area contributed by atoms with Crippen molar-refractivity contribution in [2.45, 2.75) is 26.7 Å². The average Bonchev–Trinajstić information content (AvgIpc) is 1.89. The first-order valence-electron chi connectivity index (χ1n) is 2.98. The van der Waals surface area contributed by atoms with Gasteiger partial charge in [0.05, 0.1) is 0 Å². The number of hydrogen-bond acceptors (Lipinski definition) is 2. The second-order valence-corrected chi connectivity index (χ2v) is 1.49. The van der Waals surface area contributed by atoms with Crippen LogP contribution < -0.4 is 0 Å². The molecule has 0 amide bonds. The van der Waals surface area contributed by atoms with Gasteiger partial charge in [0.2, 0.25) is 0 Å². The Bertz CT molecular complexity index is 99.1. The van der Waals surface area contributed by atoms with Crippen molar-refractivity contribution in [3.63, 3.8) is 0 Å². The van der Waals surface area contributed by atoms with Crippen molar-refractivity contribution < 1.29 is 39.3 Å². The van der Waals surface area contributed by atoms with E-state index < -0.39 is 11.9 Å². The average molecular weight is 251 g/mol. The number of hydrogen-bond donors (Lipinski definition) is 2. The molecule has 0 spiro atoms. The van der Waals surface area contributed by atoms with Crippen LogP contribution in [-0.4, -0.2) is 22.2 Å². The van der Waals surface area contributed by atoms with Crippen molar-refractivity contribution in [3.8, 4) is 0 Å². The Balaban J connectivity index is -0.000000107. The Morgan fingerprint density at radius 2 is 1.09 bits per heavy atom. The number of carboxylic acids is 2. The van der Waals surface area contributed by atoms with Crippen molar-refractivity contribution >= 4 is 11.9 Å². The van der Waals surface area contributed by atoms with Crippen molar-refractivity contribution in [3.05, 3.63) is 0 Å². The number of carboxylic acid groups (broad SMARTS) is 2. The molecule has 0 aromatic carbocycles. The van der Waals surface area contributed by atoms with Crippen LogP contribution in [0.4, 0.5) is 0 Å². The van der Waals surface area contributed by atoms with Gasteiger partial charge in [-0.1, -0.05) is 13.8 Å². The zero-order valence-electron chi connectivity index (χ0n) is 6.46. The zero-order valence-corrected chi connectivity index (χ0v) is 8.10. The Hall–Kier alpha value is -0.437. The van der Waals surface area contributed by atoms with E-state index in [-0.39, 0.29) is 32.3 Å². The Labute approximate surface area is 78.4 Å². The Morgan fingerprint density at radius 1 is 1.00 bits per heavy atom. The summed E-state index contributed by atoms with van der Waals surface area (Å²) in [5.41, 5.74) is 0. The molecule has 2 N–H and O–H groups in total. The monoisotopic (exact) mass is 251 g/mol. The van der Waals surface area contributed by atoms with Crippen LogP contribution in [0.1, 0.15) is 26.7 Å². The Kier molecular flexibility index (Phi) is 18.8. The summed E-state index contributed by atoms with van der Waals surface area (Å²) in [5.74, 6) is -1.49. The van der Waals surface area contributed by atoms with E-state index in [9.17, 15) is 9.59 Å². The minimum Gasteiger partial charge on any atom is -0.481 e. The molecule has 1 radical (unpaired) electrons. The zero-order chi connectivity index (χ0) is 8.57. The van der Waals surface area contributed by atoms with E-state index in [0.717, 1.165) is 0 Å². The van der Waals surface area contributed by atoms with Crippen molar-refractivity contribution in [1.29, 1.82) is 0 Å². The summed E-state index contributed by atoms with van der Waals surface area (Å²) in [6.07, 6.45) is 0.444. The molecule has 0 aromatic rings. The third-order valence-corrected chi connectivity index (χ3v) is 0.605. The first-order chi connectivity index (χ1) is 4.54. The SMILES string of the molecule is CCC(=O)O.CCC(=O)O.[Rh+2]. The van der Waals surface area contributed by atoms with E-state index in [0.29, 0.717) is 0 Å². The minimum atomic E-state index is -0.745. The quantitative estimate of drug-likeness (QED) is 0.717. The van der Waals surface area contributed by atoms with E-state index in [1.54, 1.807) is 13.8 Å². The van der Waals surface area contributed by atoms with Gasteiger partial charge in [-0.25, -0.2) is 0 Å². The van der Waals surface area contributed by atoms with Gasteiger partial charge >= 0.3 is 31.4 Å². The summed E-state index contributed by atoms with van der Waals surface area (Å²) in [7, 11) is 0. The number of aliphatic carboxylic acids is 2. The third kappa shape index (κ3) is 43.1. The molecule has 0 fully saturated rings. The first-order valence-corrected chi connectivity index (χ1v) is 2.98. The first kappa shape index (κ1) is 16.9. The van der Waals surface area contributed by atoms with Crippen molar-refractivity contribution in [2.24, 2.45) is 0 Å². The van der Waals surface area contributed by atoms with Gasteiger partial charge in [0.25, 0.3) is 0 Å². The second kappa shape index (κ2) is 12.3. The van der Waals surface area contributed by atoms with Crippen LogP contribution in [0.2, 0.25) is 0 Å². The molecule has 0 aromatic heterocycles. The molecular weight excluding hydrogens is 239 g/mol. The summed E-state index contributed by atoms with van der Waals surface area (Å²) >= 11 is 0. The van der Waals surface area contributed by atoms with Gasteiger partial charge in [-0.2, -0.15) is 0 Å². The van der Waals surface area contributed by atoms with E-state index in [2.05, 4.69) is 0 Å². The van der Waals surface area contributed by atoms with Gasteiger partial charge < -0.3 is 10.2 Å². The van der Waals surface area contributed by atoms with Crippen molar-refractivity contribution in [1.82, 2.24) is 0 Å². The van der Waals surface area contributed by atoms with E-state index in [4.69, 9.17) is 10.2 Å². The molecule has 4 nitrogen and oxygen atoms in total. The van der Waals surface area contributed by atoms with Gasteiger partial charge in [0.15, 0.2) is 0 Å². The molecular formula is C6H12O4Rh+2. The summed E-state index contributed by atoms with van der Waals surface area (Å²) in [6.45, 7) is 3.20. The van der Waals surface area contributed by atoms with Gasteiger partial charge in [-0.15, -0.1) is 0 Å². The number of carbonyl (C=O) groups is 2. The standard InChI is InChI=1S/2C3H6O2.Rh/c2*1-2-3(4)5;/h2*2H2,1H3,(H,4,5);/q;;+2. The maximum Gasteiger partial charge on any atom is 2.00 e. The number of rotatable bonds is 2. The fraction of sp³-hybridized carbons (Fsp3) is 0.667. The van der Waals surface area contributed by atoms with Gasteiger partial charge in [-0.3, -0.25) is 9.59 Å². The molecule has 0 aliphatic carbocycles. The molecule has 67 valence electrons. The molecule has 0 aliphatic rings. The smallest absolute Gasteiger partial charge is 0.481 e. The molecule has 0 heterocycles. The van der Waals surface area contributed by atoms with E-state index >= 15 is 0 Å². The van der Waals surface area contributed by atoms with Crippen LogP contribution in [0.3, 0.4) is 0 Å². The Morgan fingerprint density at radius 3 is 1.09 bits per heavy atom. The molecule has 0 rings (SSSR count). The summed E-state index contributed by atoms with van der Waals surface area (Å²) < 4.78 is 0. The van der Waals surface area contributed by atoms with Crippen LogP contribution in [-0.2, 0) is 29.1 Å². The molecule has 11 heavy (non-hydrogen) atoms. The van der Waals surface area contributed by atoms with Crippen LogP contribution in [0, 0.1) is 0 Å². The largest absolute Gasteiger partial charge is 2.00 e. The predicted molar refractivity (Wildman–Crippen MR) is 35.9 cm³/mol. The molecule has 0 saturated heterocycles. The molecule has 0 aliphatic heterocycles. The molecule has 5 heteroatoms. The second-order valence-electron chi connectivity index (χ2n) is 1.49. The molecule has 0 unspecified atom stereocenters. The molecule has 0 atom stereocenters. The summed E-state index contributed by atoms with van der Waals surface area (Å²) in [6, 6.07) is 0. The van der Waals surface area contributed by atoms with E-state index in [1.807, 2.05) is 0 Å². The topological polar surface area (TPSA) is 74.6 Å². The van der Waals surface area contributed by atoms with E-state index in [1.165, 1.54) is 0 Å². The van der Waals surface area contributed by atoms with Gasteiger partial charge in [0.1, 0.15) is 0 Å². The maximum absolute atomic E-state index is 9.37. The van der Waals surface area contributed by atoms with Gasteiger partial charge in [-0.05, 0) is 0 Å². The van der Waals surface area contributed by atoms with Gasteiger partial charge in [0, 0.05) is 12.8 Å². The van der Waals surface area contributed by atoms with Crippen LogP contribution >= 0.6 is 0 Å². The van der Waals surface area contributed by atoms with Crippen LogP contribution in [0.5, 0.6) is 0 Å². The summed E-state index contributed by atoms with van der Waals surface area (Å²) in [4.78, 5) is 18.7. The third-order valence-electron chi connectivity index (χ3n) is 0.605. The van der Waals surface area contributed by atoms with Crippen molar-refractivity contribution in [2.75, 3.05) is 0 Å². The fourth-order valence-corrected chi connectivity index (χ4v) is 0. The van der Waals surface area contributed by atoms with Crippen LogP contribution in [0.25, 0.3) is 0 Å². The molecule has 0 bridgehead atoms. The maximum atomic E-state index is 9.37. The van der Waals surface area contributed by atoms with Crippen LogP contribution in [0.15, 0.2) is 0 Å². The minimum absolute atomic E-state index is 0. The molecule has 0 saturated carbocycles.